The van der Waals surface area contributed by atoms with E-state index in [1.807, 2.05) is 31.2 Å². The van der Waals surface area contributed by atoms with Gasteiger partial charge in [0, 0.05) is 13.6 Å². The minimum absolute atomic E-state index is 0.0203. The maximum atomic E-state index is 13.3. The quantitative estimate of drug-likeness (QED) is 0.621. The van der Waals surface area contributed by atoms with Gasteiger partial charge in [-0.2, -0.15) is 0 Å². The number of halogens is 2. The summed E-state index contributed by atoms with van der Waals surface area (Å²) in [6.45, 7) is 3.11. The zero-order valence-corrected chi connectivity index (χ0v) is 20.1. The first-order chi connectivity index (χ1) is 14.5. The molecule has 0 aliphatic carbocycles. The van der Waals surface area contributed by atoms with Crippen LogP contribution >= 0.6 is 23.2 Å². The Morgan fingerprint density at radius 1 is 1.13 bits per heavy atom. The van der Waals surface area contributed by atoms with E-state index in [1.54, 1.807) is 13.0 Å². The van der Waals surface area contributed by atoms with Gasteiger partial charge in [-0.25, -0.2) is 8.42 Å². The number of benzene rings is 2. The molecule has 0 fully saturated rings. The summed E-state index contributed by atoms with van der Waals surface area (Å²) < 4.78 is 25.9. The minimum Gasteiger partial charge on any atom is -0.357 e. The van der Waals surface area contributed by atoms with Gasteiger partial charge in [0.15, 0.2) is 0 Å². The average Bonchev–Trinajstić information content (AvgIpc) is 2.70. The Hall–Kier alpha value is -2.29. The molecule has 0 bridgehead atoms. The molecule has 0 unspecified atom stereocenters. The molecule has 10 heteroatoms. The molecule has 7 nitrogen and oxygen atoms in total. The van der Waals surface area contributed by atoms with Crippen LogP contribution in [0.1, 0.15) is 18.1 Å². The molecule has 0 radical (unpaired) electrons. The van der Waals surface area contributed by atoms with Crippen LogP contribution in [0.4, 0.5) is 5.69 Å². The van der Waals surface area contributed by atoms with Crippen LogP contribution in [0.15, 0.2) is 42.5 Å². The lowest BCUT2D eigenvalue weighted by Crippen LogP contribution is -2.50. The molecule has 0 saturated carbocycles. The Labute approximate surface area is 193 Å². The van der Waals surface area contributed by atoms with E-state index in [9.17, 15) is 18.0 Å². The van der Waals surface area contributed by atoms with Crippen LogP contribution in [-0.2, 0) is 26.2 Å². The third-order valence-electron chi connectivity index (χ3n) is 4.73. The second kappa shape index (κ2) is 10.3. The number of likely N-dealkylation sites (N-methyl/N-ethyl adjacent to an activating group) is 1. The molecule has 0 aliphatic heterocycles. The van der Waals surface area contributed by atoms with Gasteiger partial charge in [0.05, 0.1) is 22.0 Å². The lowest BCUT2D eigenvalue weighted by molar-refractivity contribution is -0.139. The van der Waals surface area contributed by atoms with Crippen molar-refractivity contribution in [2.45, 2.75) is 26.4 Å². The van der Waals surface area contributed by atoms with E-state index in [2.05, 4.69) is 5.32 Å². The molecule has 168 valence electrons. The summed E-state index contributed by atoms with van der Waals surface area (Å²) >= 11 is 12.3. The Bertz CT molecular complexity index is 1080. The van der Waals surface area contributed by atoms with Crippen LogP contribution in [0.2, 0.25) is 10.0 Å². The molecule has 0 aliphatic rings. The van der Waals surface area contributed by atoms with Crippen LogP contribution in [-0.4, -0.2) is 51.0 Å². The summed E-state index contributed by atoms with van der Waals surface area (Å²) in [5.74, 6) is -0.924. The second-order valence-electron chi connectivity index (χ2n) is 7.14. The Morgan fingerprint density at radius 3 is 2.35 bits per heavy atom. The number of aryl methyl sites for hydroxylation is 1. The number of amides is 2. The van der Waals surface area contributed by atoms with Crippen molar-refractivity contribution in [3.63, 3.8) is 0 Å². The highest BCUT2D eigenvalue weighted by Gasteiger charge is 2.30. The summed E-state index contributed by atoms with van der Waals surface area (Å²) in [5, 5.41) is 2.71. The molecular weight excluding hydrogens is 461 g/mol. The SMILES string of the molecule is CNC(=O)[C@@H](C)N(Cc1cccc(C)c1)C(=O)CN(c1cccc(Cl)c1Cl)S(C)(=O)=O. The first kappa shape index (κ1) is 25.0. The van der Waals surface area contributed by atoms with E-state index in [-0.39, 0.29) is 28.2 Å². The van der Waals surface area contributed by atoms with E-state index >= 15 is 0 Å². The fraction of sp³-hybridized carbons (Fsp3) is 0.333. The Morgan fingerprint density at radius 2 is 1.77 bits per heavy atom. The first-order valence-corrected chi connectivity index (χ1v) is 12.0. The highest BCUT2D eigenvalue weighted by atomic mass is 35.5. The number of carbonyl (C=O) groups excluding carboxylic acids is 2. The summed E-state index contributed by atoms with van der Waals surface area (Å²) in [6.07, 6.45) is 0.977. The highest BCUT2D eigenvalue weighted by Crippen LogP contribution is 2.33. The van der Waals surface area contributed by atoms with Gasteiger partial charge in [-0.15, -0.1) is 0 Å². The van der Waals surface area contributed by atoms with Crippen LogP contribution in [0, 0.1) is 6.92 Å². The predicted molar refractivity (Wildman–Crippen MR) is 124 cm³/mol. The van der Waals surface area contributed by atoms with E-state index in [1.165, 1.54) is 24.1 Å². The van der Waals surface area contributed by atoms with Crippen LogP contribution < -0.4 is 9.62 Å². The highest BCUT2D eigenvalue weighted by molar-refractivity contribution is 7.92. The summed E-state index contributed by atoms with van der Waals surface area (Å²) in [4.78, 5) is 26.9. The van der Waals surface area contributed by atoms with Gasteiger partial charge in [0.25, 0.3) is 0 Å². The largest absolute Gasteiger partial charge is 0.357 e. The lowest BCUT2D eigenvalue weighted by atomic mass is 10.1. The van der Waals surface area contributed by atoms with Crippen molar-refractivity contribution in [1.82, 2.24) is 10.2 Å². The van der Waals surface area contributed by atoms with Gasteiger partial charge in [0.1, 0.15) is 12.6 Å². The van der Waals surface area contributed by atoms with Gasteiger partial charge in [-0.3, -0.25) is 13.9 Å². The zero-order valence-electron chi connectivity index (χ0n) is 17.7. The smallest absolute Gasteiger partial charge is 0.244 e. The monoisotopic (exact) mass is 485 g/mol. The molecule has 2 rings (SSSR count). The molecule has 0 heterocycles. The molecule has 31 heavy (non-hydrogen) atoms. The number of rotatable bonds is 8. The summed E-state index contributed by atoms with van der Waals surface area (Å²) in [5.41, 5.74) is 1.91. The molecule has 0 saturated heterocycles. The van der Waals surface area contributed by atoms with Gasteiger partial charge in [-0.1, -0.05) is 59.1 Å². The topological polar surface area (TPSA) is 86.8 Å². The standard InChI is InChI=1S/C21H25Cl2N3O4S/c1-14-7-5-8-16(11-14)12-25(15(2)21(28)24-3)19(27)13-26(31(4,29)30)18-10-6-9-17(22)20(18)23/h5-11,15H,12-13H2,1-4H3,(H,24,28)/t15-/m1/s1. The number of nitrogens with zero attached hydrogens (tertiary/aromatic N) is 2. The minimum atomic E-state index is -3.87. The zero-order chi connectivity index (χ0) is 23.3. The Balaban J connectivity index is 2.43. The second-order valence-corrected chi connectivity index (χ2v) is 9.84. The van der Waals surface area contributed by atoms with Crippen molar-refractivity contribution in [3.8, 4) is 0 Å². The van der Waals surface area contributed by atoms with Gasteiger partial charge >= 0.3 is 0 Å². The number of hydrogen-bond donors (Lipinski definition) is 1. The van der Waals surface area contributed by atoms with E-state index in [4.69, 9.17) is 23.2 Å². The lowest BCUT2D eigenvalue weighted by Gasteiger charge is -2.31. The first-order valence-electron chi connectivity index (χ1n) is 9.44. The van der Waals surface area contributed by atoms with Crippen molar-refractivity contribution in [3.05, 3.63) is 63.6 Å². The maximum absolute atomic E-state index is 13.3. The molecular formula is C21H25Cl2N3O4S. The third kappa shape index (κ3) is 6.35. The molecule has 2 aromatic rings. The van der Waals surface area contributed by atoms with Crippen molar-refractivity contribution in [1.29, 1.82) is 0 Å². The van der Waals surface area contributed by atoms with E-state index < -0.39 is 28.5 Å². The third-order valence-corrected chi connectivity index (χ3v) is 6.66. The molecule has 1 N–H and O–H groups in total. The molecule has 2 aromatic carbocycles. The van der Waals surface area contributed by atoms with Gasteiger partial charge < -0.3 is 10.2 Å². The number of carbonyl (C=O) groups is 2. The number of sulfonamides is 1. The van der Waals surface area contributed by atoms with Crippen molar-refractivity contribution < 1.29 is 18.0 Å². The summed E-state index contributed by atoms with van der Waals surface area (Å²) in [7, 11) is -2.40. The van der Waals surface area contributed by atoms with Crippen molar-refractivity contribution in [2.24, 2.45) is 0 Å². The van der Waals surface area contributed by atoms with Crippen molar-refractivity contribution >= 4 is 50.7 Å². The van der Waals surface area contributed by atoms with Gasteiger partial charge in [-0.05, 0) is 31.5 Å². The average molecular weight is 486 g/mol. The van der Waals surface area contributed by atoms with Crippen LogP contribution in [0.5, 0.6) is 0 Å². The van der Waals surface area contributed by atoms with E-state index in [0.29, 0.717) is 0 Å². The fourth-order valence-corrected chi connectivity index (χ4v) is 4.38. The van der Waals surface area contributed by atoms with Gasteiger partial charge in [0.2, 0.25) is 21.8 Å². The normalized spacial score (nSPS) is 12.2. The fourth-order valence-electron chi connectivity index (χ4n) is 3.08. The molecule has 1 atom stereocenters. The number of anilines is 1. The van der Waals surface area contributed by atoms with Crippen molar-refractivity contribution in [2.75, 3.05) is 24.2 Å². The Kier molecular flexibility index (Phi) is 8.34. The number of nitrogens with one attached hydrogen (secondary N) is 1. The molecule has 0 spiro atoms. The van der Waals surface area contributed by atoms with E-state index in [0.717, 1.165) is 21.7 Å². The number of hydrogen-bond acceptors (Lipinski definition) is 4. The molecule has 2 amide bonds. The maximum Gasteiger partial charge on any atom is 0.244 e. The molecule has 0 aromatic heterocycles. The predicted octanol–water partition coefficient (Wildman–Crippen LogP) is 3.23. The van der Waals surface area contributed by atoms with Crippen LogP contribution in [0.25, 0.3) is 0 Å². The van der Waals surface area contributed by atoms with Crippen LogP contribution in [0.3, 0.4) is 0 Å². The summed E-state index contributed by atoms with van der Waals surface area (Å²) in [6, 6.07) is 11.2.